The summed E-state index contributed by atoms with van der Waals surface area (Å²) in [6.07, 6.45) is 2.13. The molecule has 0 spiro atoms. The number of alkyl carbamates (subject to hydrolysis) is 2. The molecule has 5 atom stereocenters. The minimum Gasteiger partial charge on any atom is -0.508 e. The SMILES string of the molecule is Cc1cc(O)cc(C(=O)[C@H]2[C@H](C)[C@@H](N=C(NC(=O)OC(C)(C)C)NC(=O)OC(C)(C)C)C[C@H]3C(C)(C)CCC[C@]23C)c1. The third-order valence-electron chi connectivity index (χ3n) is 8.76. The molecule has 0 radical (unpaired) electrons. The van der Waals surface area contributed by atoms with Gasteiger partial charge in [0, 0.05) is 11.5 Å². The molecule has 9 heteroatoms. The van der Waals surface area contributed by atoms with Gasteiger partial charge in [0.25, 0.3) is 0 Å². The standard InChI is InChI=1S/C33H51N3O6/c1-19-15-21(17-22(37)16-19)26(38)25-20(2)23(18-24-32(9,10)13-12-14-33(24,25)11)34-27(35-28(39)41-30(3,4)5)36-29(40)42-31(6,7)8/h15-17,20,23-25,37H,12-14,18H2,1-11H3,(H2,34,35,36,39,40)/t20-,23+,24+,25-,33+/m1/s1. The summed E-state index contributed by atoms with van der Waals surface area (Å²) < 4.78 is 10.9. The number of hydrogen-bond acceptors (Lipinski definition) is 7. The van der Waals surface area contributed by atoms with Crippen molar-refractivity contribution in [3.63, 3.8) is 0 Å². The summed E-state index contributed by atoms with van der Waals surface area (Å²) in [5.74, 6) is -0.505. The number of rotatable bonds is 3. The van der Waals surface area contributed by atoms with Crippen molar-refractivity contribution in [2.75, 3.05) is 0 Å². The summed E-state index contributed by atoms with van der Waals surface area (Å²) in [6, 6.07) is 4.61. The van der Waals surface area contributed by atoms with E-state index in [9.17, 15) is 19.5 Å². The molecule has 0 saturated heterocycles. The summed E-state index contributed by atoms with van der Waals surface area (Å²) in [6.45, 7) is 21.1. The number of aryl methyl sites for hydroxylation is 1. The van der Waals surface area contributed by atoms with Crippen LogP contribution in [0.5, 0.6) is 5.75 Å². The van der Waals surface area contributed by atoms with E-state index in [1.165, 1.54) is 0 Å². The molecule has 0 heterocycles. The normalized spacial score (nSPS) is 27.2. The van der Waals surface area contributed by atoms with Crippen molar-refractivity contribution in [1.82, 2.24) is 10.6 Å². The van der Waals surface area contributed by atoms with Crippen LogP contribution in [0, 0.1) is 35.5 Å². The zero-order chi connectivity index (χ0) is 31.8. The lowest BCUT2D eigenvalue weighted by molar-refractivity contribution is -0.0863. The number of Topliss-reactive ketones (excluding diaryl/α,β-unsaturated/α-hetero) is 1. The first-order valence-corrected chi connectivity index (χ1v) is 15.0. The van der Waals surface area contributed by atoms with Crippen LogP contribution in [0.2, 0.25) is 0 Å². The first kappa shape index (κ1) is 33.4. The third-order valence-corrected chi connectivity index (χ3v) is 8.76. The highest BCUT2D eigenvalue weighted by Gasteiger charge is 2.58. The minimum absolute atomic E-state index is 0.0200. The van der Waals surface area contributed by atoms with E-state index in [-0.39, 0.29) is 40.2 Å². The van der Waals surface area contributed by atoms with E-state index in [2.05, 4.69) is 31.4 Å². The Balaban J connectivity index is 2.08. The van der Waals surface area contributed by atoms with Crippen LogP contribution in [0.1, 0.15) is 111 Å². The molecule has 2 saturated carbocycles. The van der Waals surface area contributed by atoms with E-state index in [1.807, 2.05) is 19.9 Å². The van der Waals surface area contributed by atoms with Crippen molar-refractivity contribution >= 4 is 23.9 Å². The molecule has 1 aromatic rings. The number of ether oxygens (including phenoxy) is 2. The van der Waals surface area contributed by atoms with Gasteiger partial charge in [-0.25, -0.2) is 14.6 Å². The van der Waals surface area contributed by atoms with Gasteiger partial charge in [0.15, 0.2) is 5.78 Å². The maximum atomic E-state index is 14.3. The Hall–Kier alpha value is -3.10. The van der Waals surface area contributed by atoms with Gasteiger partial charge in [-0.2, -0.15) is 0 Å². The molecule has 2 aliphatic rings. The van der Waals surface area contributed by atoms with Gasteiger partial charge in [-0.15, -0.1) is 0 Å². The van der Waals surface area contributed by atoms with Gasteiger partial charge in [0.2, 0.25) is 5.96 Å². The van der Waals surface area contributed by atoms with Crippen LogP contribution in [-0.4, -0.2) is 46.3 Å². The number of ketones is 1. The van der Waals surface area contributed by atoms with Gasteiger partial charge in [-0.3, -0.25) is 15.4 Å². The fourth-order valence-electron chi connectivity index (χ4n) is 7.26. The van der Waals surface area contributed by atoms with Crippen LogP contribution in [0.4, 0.5) is 9.59 Å². The van der Waals surface area contributed by atoms with Gasteiger partial charge in [0.1, 0.15) is 17.0 Å². The topological polar surface area (TPSA) is 126 Å². The zero-order valence-corrected chi connectivity index (χ0v) is 27.3. The third kappa shape index (κ3) is 8.04. The highest BCUT2D eigenvalue weighted by molar-refractivity contribution is 6.02. The molecule has 9 nitrogen and oxygen atoms in total. The van der Waals surface area contributed by atoms with E-state index in [0.29, 0.717) is 12.0 Å². The lowest BCUT2D eigenvalue weighted by Crippen LogP contribution is -2.57. The zero-order valence-electron chi connectivity index (χ0n) is 27.3. The number of guanidine groups is 1. The number of nitrogens with one attached hydrogen (secondary N) is 2. The number of benzene rings is 1. The van der Waals surface area contributed by atoms with Crippen molar-refractivity contribution in [3.8, 4) is 5.75 Å². The fourth-order valence-corrected chi connectivity index (χ4v) is 7.26. The highest BCUT2D eigenvalue weighted by atomic mass is 16.6. The van der Waals surface area contributed by atoms with Gasteiger partial charge in [-0.05, 0) is 114 Å². The predicted molar refractivity (Wildman–Crippen MR) is 164 cm³/mol. The fraction of sp³-hybridized carbons (Fsp3) is 0.697. The quantitative estimate of drug-likeness (QED) is 0.197. The number of phenolic OH excluding ortho intramolecular Hbond substituents is 1. The molecule has 0 aromatic heterocycles. The molecule has 2 aliphatic carbocycles. The van der Waals surface area contributed by atoms with Crippen molar-refractivity contribution in [3.05, 3.63) is 29.3 Å². The largest absolute Gasteiger partial charge is 0.508 e. The number of aliphatic imine (C=N–C) groups is 1. The van der Waals surface area contributed by atoms with E-state index in [1.54, 1.807) is 53.7 Å². The Kier molecular flexibility index (Phi) is 9.45. The number of aromatic hydroxyl groups is 1. The average molecular weight is 586 g/mol. The molecule has 0 bridgehead atoms. The molecule has 2 amide bonds. The van der Waals surface area contributed by atoms with Crippen molar-refractivity contribution in [1.29, 1.82) is 0 Å². The van der Waals surface area contributed by atoms with Crippen LogP contribution in [0.3, 0.4) is 0 Å². The molecule has 3 N–H and O–H groups in total. The van der Waals surface area contributed by atoms with Crippen molar-refractivity contribution < 1.29 is 29.0 Å². The maximum absolute atomic E-state index is 14.3. The monoisotopic (exact) mass is 585 g/mol. The first-order chi connectivity index (χ1) is 19.1. The molecule has 0 aliphatic heterocycles. The summed E-state index contributed by atoms with van der Waals surface area (Å²) >= 11 is 0. The number of hydrogen-bond donors (Lipinski definition) is 3. The Morgan fingerprint density at radius 3 is 1.98 bits per heavy atom. The number of phenols is 1. The minimum atomic E-state index is -0.760. The Morgan fingerprint density at radius 1 is 0.929 bits per heavy atom. The number of amides is 2. The average Bonchev–Trinajstić information content (AvgIpc) is 2.76. The van der Waals surface area contributed by atoms with Crippen LogP contribution in [-0.2, 0) is 9.47 Å². The Labute approximate surface area is 251 Å². The van der Waals surface area contributed by atoms with Crippen molar-refractivity contribution in [2.24, 2.45) is 33.6 Å². The second-order valence-corrected chi connectivity index (χ2v) is 15.2. The summed E-state index contributed by atoms with van der Waals surface area (Å²) in [7, 11) is 0. The number of carbonyl (C=O) groups excluding carboxylic acids is 3. The second-order valence-electron chi connectivity index (χ2n) is 15.2. The highest BCUT2D eigenvalue weighted by Crippen LogP contribution is 2.62. The van der Waals surface area contributed by atoms with Gasteiger partial charge < -0.3 is 14.6 Å². The Bertz CT molecular complexity index is 1170. The van der Waals surface area contributed by atoms with Crippen molar-refractivity contribution in [2.45, 2.75) is 119 Å². The van der Waals surface area contributed by atoms with Crippen LogP contribution in [0.15, 0.2) is 23.2 Å². The summed E-state index contributed by atoms with van der Waals surface area (Å²) in [4.78, 5) is 44.8. The van der Waals surface area contributed by atoms with Crippen LogP contribution < -0.4 is 10.6 Å². The van der Waals surface area contributed by atoms with Gasteiger partial charge in [-0.1, -0.05) is 34.1 Å². The number of carbonyl (C=O) groups is 3. The lowest BCUT2D eigenvalue weighted by atomic mass is 9.45. The molecule has 234 valence electrons. The predicted octanol–water partition coefficient (Wildman–Crippen LogP) is 7.15. The summed E-state index contributed by atoms with van der Waals surface area (Å²) in [5.41, 5.74) is -0.565. The van der Waals surface area contributed by atoms with Gasteiger partial charge >= 0.3 is 12.2 Å². The van der Waals surface area contributed by atoms with E-state index < -0.39 is 35.3 Å². The maximum Gasteiger partial charge on any atom is 0.414 e. The number of nitrogens with zero attached hydrogens (tertiary/aromatic N) is 1. The molecular formula is C33H51N3O6. The van der Waals surface area contributed by atoms with E-state index in [4.69, 9.17) is 14.5 Å². The molecule has 1 aromatic carbocycles. The second kappa shape index (κ2) is 11.9. The van der Waals surface area contributed by atoms with E-state index in [0.717, 1.165) is 24.8 Å². The molecule has 2 fully saturated rings. The molecule has 3 rings (SSSR count). The smallest absolute Gasteiger partial charge is 0.414 e. The first-order valence-electron chi connectivity index (χ1n) is 15.0. The lowest BCUT2D eigenvalue weighted by Gasteiger charge is -2.59. The molecular weight excluding hydrogens is 534 g/mol. The molecule has 42 heavy (non-hydrogen) atoms. The van der Waals surface area contributed by atoms with Crippen LogP contribution >= 0.6 is 0 Å². The number of fused-ring (bicyclic) bond motifs is 1. The summed E-state index contributed by atoms with van der Waals surface area (Å²) in [5, 5.41) is 15.5. The molecule has 0 unspecified atom stereocenters. The van der Waals surface area contributed by atoms with E-state index >= 15 is 0 Å². The van der Waals surface area contributed by atoms with Gasteiger partial charge in [0.05, 0.1) is 6.04 Å². The van der Waals surface area contributed by atoms with Crippen LogP contribution in [0.25, 0.3) is 0 Å². The Morgan fingerprint density at radius 2 is 1.48 bits per heavy atom.